The number of nitrogens with one attached hydrogen (secondary N) is 1. The van der Waals surface area contributed by atoms with Crippen LogP contribution in [-0.4, -0.2) is 36.9 Å². The highest BCUT2D eigenvalue weighted by Crippen LogP contribution is 2.16. The fraction of sp³-hybridized carbons (Fsp3) is 0.438. The molecule has 2 aromatic rings. The summed E-state index contributed by atoms with van der Waals surface area (Å²) in [5.41, 5.74) is -0.214. The Balaban J connectivity index is 1.92. The maximum absolute atomic E-state index is 12.9. The molecule has 1 N–H and O–H groups in total. The van der Waals surface area contributed by atoms with Gasteiger partial charge in [-0.05, 0) is 38.5 Å². The van der Waals surface area contributed by atoms with Crippen LogP contribution in [-0.2, 0) is 26.7 Å². The molecule has 2 rings (SSSR count). The average molecular weight is 385 g/mol. The van der Waals surface area contributed by atoms with E-state index < -0.39 is 32.6 Å². The summed E-state index contributed by atoms with van der Waals surface area (Å²) in [6, 6.07) is 5.09. The number of nitrogens with zero attached hydrogens (tertiary/aromatic N) is 2. The van der Waals surface area contributed by atoms with E-state index in [0.29, 0.717) is 5.56 Å². The Hall–Kier alpha value is -2.49. The van der Waals surface area contributed by atoms with Gasteiger partial charge in [0.2, 0.25) is 15.7 Å². The summed E-state index contributed by atoms with van der Waals surface area (Å²) < 4.78 is 47.6. The van der Waals surface area contributed by atoms with E-state index in [1.165, 1.54) is 24.3 Å². The average Bonchev–Trinajstić information content (AvgIpc) is 2.97. The number of sulfone groups is 1. The molecule has 1 amide bonds. The molecule has 1 aromatic heterocycles. The van der Waals surface area contributed by atoms with Crippen LogP contribution in [0.1, 0.15) is 32.2 Å². The Labute approximate surface area is 150 Å². The van der Waals surface area contributed by atoms with Gasteiger partial charge in [0.25, 0.3) is 0 Å². The number of carbonyl (C=O) groups is 1. The number of alkyl carbamates (subject to hydrolysis) is 1. The van der Waals surface area contributed by atoms with Gasteiger partial charge in [0.15, 0.2) is 0 Å². The van der Waals surface area contributed by atoms with Crippen molar-refractivity contribution >= 4 is 15.9 Å². The maximum Gasteiger partial charge on any atom is 0.407 e. The van der Waals surface area contributed by atoms with Crippen molar-refractivity contribution in [2.24, 2.45) is 0 Å². The monoisotopic (exact) mass is 385 g/mol. The van der Waals surface area contributed by atoms with Gasteiger partial charge in [-0.1, -0.05) is 17.2 Å². The van der Waals surface area contributed by atoms with Crippen LogP contribution in [0.25, 0.3) is 0 Å². The number of carbonyl (C=O) groups excluding carboxylic acids is 1. The quantitative estimate of drug-likeness (QED) is 0.812. The van der Waals surface area contributed by atoms with Crippen molar-refractivity contribution in [1.82, 2.24) is 15.5 Å². The lowest BCUT2D eigenvalue weighted by Gasteiger charge is -2.19. The molecule has 0 aliphatic heterocycles. The van der Waals surface area contributed by atoms with Crippen LogP contribution >= 0.6 is 0 Å². The Morgan fingerprint density at radius 1 is 1.23 bits per heavy atom. The van der Waals surface area contributed by atoms with E-state index in [4.69, 9.17) is 9.15 Å². The van der Waals surface area contributed by atoms with Crippen LogP contribution in [0.2, 0.25) is 0 Å². The molecule has 0 spiro atoms. The van der Waals surface area contributed by atoms with Gasteiger partial charge in [-0.15, -0.1) is 5.10 Å². The standard InChI is InChI=1S/C16H20FN3O5S/c1-16(2,3)25-14(21)18-9-8-13-19-20-15(24-13)26(22,23)10-11-4-6-12(17)7-5-11/h4-7H,8-10H2,1-3H3,(H,18,21). The molecular weight excluding hydrogens is 365 g/mol. The second-order valence-electron chi connectivity index (χ2n) is 6.53. The van der Waals surface area contributed by atoms with Gasteiger partial charge in [0.05, 0.1) is 5.75 Å². The number of amides is 1. The molecular formula is C16H20FN3O5S. The van der Waals surface area contributed by atoms with E-state index in [9.17, 15) is 17.6 Å². The first-order valence-corrected chi connectivity index (χ1v) is 9.47. The van der Waals surface area contributed by atoms with Crippen molar-refractivity contribution in [3.05, 3.63) is 41.5 Å². The van der Waals surface area contributed by atoms with E-state index in [1.54, 1.807) is 20.8 Å². The molecule has 0 aliphatic carbocycles. The van der Waals surface area contributed by atoms with E-state index in [0.717, 1.165) is 0 Å². The van der Waals surface area contributed by atoms with Crippen molar-refractivity contribution in [1.29, 1.82) is 0 Å². The topological polar surface area (TPSA) is 111 Å². The number of aromatic nitrogens is 2. The van der Waals surface area contributed by atoms with Crippen LogP contribution < -0.4 is 5.32 Å². The number of ether oxygens (including phenoxy) is 1. The zero-order chi connectivity index (χ0) is 19.4. The third-order valence-electron chi connectivity index (χ3n) is 2.99. The Morgan fingerprint density at radius 3 is 2.50 bits per heavy atom. The van der Waals surface area contributed by atoms with Crippen LogP contribution in [0.15, 0.2) is 33.9 Å². The molecule has 0 radical (unpaired) electrons. The number of benzene rings is 1. The van der Waals surface area contributed by atoms with Gasteiger partial charge < -0.3 is 14.5 Å². The molecule has 10 heteroatoms. The molecule has 0 fully saturated rings. The van der Waals surface area contributed by atoms with Crippen molar-refractivity contribution in [3.63, 3.8) is 0 Å². The van der Waals surface area contributed by atoms with Crippen LogP contribution in [0.4, 0.5) is 9.18 Å². The largest absolute Gasteiger partial charge is 0.444 e. The van der Waals surface area contributed by atoms with E-state index >= 15 is 0 Å². The van der Waals surface area contributed by atoms with E-state index in [2.05, 4.69) is 15.5 Å². The van der Waals surface area contributed by atoms with Gasteiger partial charge in [0, 0.05) is 13.0 Å². The highest BCUT2D eigenvalue weighted by atomic mass is 32.2. The molecule has 1 heterocycles. The summed E-state index contributed by atoms with van der Waals surface area (Å²) in [5, 5.41) is 9.19. The molecule has 0 saturated carbocycles. The molecule has 0 atom stereocenters. The lowest BCUT2D eigenvalue weighted by Crippen LogP contribution is -2.33. The van der Waals surface area contributed by atoms with Gasteiger partial charge >= 0.3 is 11.3 Å². The minimum Gasteiger partial charge on any atom is -0.444 e. The van der Waals surface area contributed by atoms with Crippen LogP contribution in [0.3, 0.4) is 0 Å². The Bertz CT molecular complexity index is 857. The molecule has 0 bridgehead atoms. The van der Waals surface area contributed by atoms with Crippen LogP contribution in [0, 0.1) is 5.82 Å². The second kappa shape index (κ2) is 7.81. The highest BCUT2D eigenvalue weighted by Gasteiger charge is 2.23. The van der Waals surface area contributed by atoms with Crippen LogP contribution in [0.5, 0.6) is 0 Å². The molecule has 142 valence electrons. The lowest BCUT2D eigenvalue weighted by atomic mass is 10.2. The summed E-state index contributed by atoms with van der Waals surface area (Å²) >= 11 is 0. The summed E-state index contributed by atoms with van der Waals surface area (Å²) in [6.07, 6.45) is -0.445. The minimum absolute atomic E-state index is 0.0683. The predicted molar refractivity (Wildman–Crippen MR) is 89.5 cm³/mol. The first-order chi connectivity index (χ1) is 12.0. The van der Waals surface area contributed by atoms with Crippen molar-refractivity contribution in [3.8, 4) is 0 Å². The first-order valence-electron chi connectivity index (χ1n) is 7.81. The van der Waals surface area contributed by atoms with Gasteiger partial charge in [-0.3, -0.25) is 0 Å². The summed E-state index contributed by atoms with van der Waals surface area (Å²) in [7, 11) is -3.85. The van der Waals surface area contributed by atoms with Gasteiger partial charge in [-0.25, -0.2) is 17.6 Å². The summed E-state index contributed by atoms with van der Waals surface area (Å²) in [6.45, 7) is 5.36. The summed E-state index contributed by atoms with van der Waals surface area (Å²) in [4.78, 5) is 11.5. The third-order valence-corrected chi connectivity index (χ3v) is 4.40. The van der Waals surface area contributed by atoms with Gasteiger partial charge in [0.1, 0.15) is 11.4 Å². The number of halogens is 1. The normalized spacial score (nSPS) is 12.0. The maximum atomic E-state index is 12.9. The van der Waals surface area contributed by atoms with E-state index in [1.807, 2.05) is 0 Å². The lowest BCUT2D eigenvalue weighted by molar-refractivity contribution is 0.0527. The number of hydrogen-bond acceptors (Lipinski definition) is 7. The molecule has 1 aromatic carbocycles. The molecule has 0 unspecified atom stereocenters. The molecule has 8 nitrogen and oxygen atoms in total. The highest BCUT2D eigenvalue weighted by molar-refractivity contribution is 7.90. The fourth-order valence-electron chi connectivity index (χ4n) is 1.91. The Morgan fingerprint density at radius 2 is 1.88 bits per heavy atom. The molecule has 0 aliphatic rings. The van der Waals surface area contributed by atoms with Crippen molar-refractivity contribution in [2.45, 2.75) is 43.8 Å². The number of rotatable bonds is 6. The third kappa shape index (κ3) is 6.10. The zero-order valence-corrected chi connectivity index (χ0v) is 15.5. The zero-order valence-electron chi connectivity index (χ0n) is 14.7. The molecule has 0 saturated heterocycles. The summed E-state index contributed by atoms with van der Waals surface area (Å²) in [5.74, 6) is -0.770. The smallest absolute Gasteiger partial charge is 0.407 e. The van der Waals surface area contributed by atoms with Crippen molar-refractivity contribution in [2.75, 3.05) is 6.54 Å². The van der Waals surface area contributed by atoms with E-state index in [-0.39, 0.29) is 24.6 Å². The molecule has 26 heavy (non-hydrogen) atoms. The predicted octanol–water partition coefficient (Wildman–Crippen LogP) is 2.25. The second-order valence-corrected chi connectivity index (χ2v) is 8.39. The first kappa shape index (κ1) is 19.8. The Kier molecular flexibility index (Phi) is 5.96. The van der Waals surface area contributed by atoms with Crippen molar-refractivity contribution < 1.29 is 26.8 Å². The fourth-order valence-corrected chi connectivity index (χ4v) is 3.06. The number of hydrogen-bond donors (Lipinski definition) is 1. The van der Waals surface area contributed by atoms with Gasteiger partial charge in [-0.2, -0.15) is 0 Å². The minimum atomic E-state index is -3.85. The SMILES string of the molecule is CC(C)(C)OC(=O)NCCc1nnc(S(=O)(=O)Cc2ccc(F)cc2)o1.